The predicted octanol–water partition coefficient (Wildman–Crippen LogP) is 3.51. The van der Waals surface area contributed by atoms with Crippen LogP contribution in [0.1, 0.15) is 53.7 Å². The van der Waals surface area contributed by atoms with Gasteiger partial charge in [-0.15, -0.1) is 36.2 Å². The lowest BCUT2D eigenvalue weighted by Crippen LogP contribution is -2.39. The summed E-state index contributed by atoms with van der Waals surface area (Å²) in [6.45, 7) is 2.70. The molecule has 4 nitrogen and oxygen atoms in total. The quantitative estimate of drug-likeness (QED) is 0.873. The van der Waals surface area contributed by atoms with Crippen LogP contribution in [0.3, 0.4) is 0 Å². The number of aryl methyl sites for hydroxylation is 2. The van der Waals surface area contributed by atoms with E-state index in [2.05, 4.69) is 11.9 Å². The highest BCUT2D eigenvalue weighted by molar-refractivity contribution is 7.11. The summed E-state index contributed by atoms with van der Waals surface area (Å²) >= 11 is 1.76. The van der Waals surface area contributed by atoms with Crippen LogP contribution in [-0.2, 0) is 11.2 Å². The second-order valence-electron chi connectivity index (χ2n) is 6.43. The van der Waals surface area contributed by atoms with Gasteiger partial charge in [0.05, 0.1) is 21.6 Å². The van der Waals surface area contributed by atoms with E-state index in [0.717, 1.165) is 43.5 Å². The zero-order valence-corrected chi connectivity index (χ0v) is 16.2. The Hall–Kier alpha value is -0.360. The summed E-state index contributed by atoms with van der Waals surface area (Å²) in [5.41, 5.74) is 7.06. The lowest BCUT2D eigenvalue weighted by atomic mass is 9.92. The Labute approximate surface area is 155 Å². The first-order valence-corrected chi connectivity index (χ1v) is 8.86. The highest BCUT2D eigenvalue weighted by atomic mass is 35.5. The molecule has 3 atom stereocenters. The second kappa shape index (κ2) is 8.65. The van der Waals surface area contributed by atoms with E-state index >= 15 is 0 Å². The van der Waals surface area contributed by atoms with Gasteiger partial charge < -0.3 is 10.6 Å². The minimum absolute atomic E-state index is 0. The molecule has 3 rings (SSSR count). The van der Waals surface area contributed by atoms with E-state index in [0.29, 0.717) is 18.4 Å². The molecule has 1 fully saturated rings. The van der Waals surface area contributed by atoms with E-state index in [1.54, 1.807) is 11.3 Å². The van der Waals surface area contributed by atoms with Gasteiger partial charge in [0.1, 0.15) is 0 Å². The maximum absolute atomic E-state index is 12.9. The van der Waals surface area contributed by atoms with Crippen molar-refractivity contribution in [1.82, 2.24) is 9.88 Å². The summed E-state index contributed by atoms with van der Waals surface area (Å²) in [5.74, 6) is 0.817. The molecule has 1 heterocycles. The molecule has 132 valence electrons. The van der Waals surface area contributed by atoms with Crippen LogP contribution in [0.4, 0.5) is 0 Å². The molecule has 1 aromatic heterocycles. The Balaban J connectivity index is 0.00000132. The van der Waals surface area contributed by atoms with Crippen LogP contribution in [0, 0.1) is 18.8 Å². The van der Waals surface area contributed by atoms with Gasteiger partial charge in [-0.1, -0.05) is 6.42 Å². The SMILES string of the molecule is Cc1nc2c(s1)C(N(C)C(=O)[C@@H]1CCC[C@@H]1CN)CCC2.Cl.Cl. The first-order chi connectivity index (χ1) is 10.1. The average Bonchev–Trinajstić information content (AvgIpc) is 3.09. The van der Waals surface area contributed by atoms with E-state index < -0.39 is 0 Å². The Morgan fingerprint density at radius 3 is 2.74 bits per heavy atom. The largest absolute Gasteiger partial charge is 0.338 e. The number of nitrogens with two attached hydrogens (primary N) is 1. The molecular weight excluding hydrogens is 353 g/mol. The van der Waals surface area contributed by atoms with Gasteiger partial charge in [0.25, 0.3) is 0 Å². The molecule has 1 saturated carbocycles. The molecule has 0 radical (unpaired) electrons. The van der Waals surface area contributed by atoms with Crippen molar-refractivity contribution in [2.24, 2.45) is 17.6 Å². The smallest absolute Gasteiger partial charge is 0.226 e. The van der Waals surface area contributed by atoms with Gasteiger partial charge in [-0.2, -0.15) is 0 Å². The van der Waals surface area contributed by atoms with Gasteiger partial charge in [-0.3, -0.25) is 4.79 Å². The Kier molecular flexibility index (Phi) is 7.78. The van der Waals surface area contributed by atoms with Crippen LogP contribution in [-0.4, -0.2) is 29.4 Å². The predicted molar refractivity (Wildman–Crippen MR) is 99.7 cm³/mol. The number of rotatable bonds is 3. The van der Waals surface area contributed by atoms with E-state index in [1.807, 2.05) is 11.9 Å². The Bertz CT molecular complexity index is 537. The van der Waals surface area contributed by atoms with E-state index in [1.165, 1.54) is 10.6 Å². The Morgan fingerprint density at radius 2 is 2.04 bits per heavy atom. The lowest BCUT2D eigenvalue weighted by molar-refractivity contribution is -0.137. The number of carbonyl (C=O) groups is 1. The molecule has 0 aliphatic heterocycles. The zero-order chi connectivity index (χ0) is 15.0. The van der Waals surface area contributed by atoms with Crippen molar-refractivity contribution in [1.29, 1.82) is 0 Å². The maximum Gasteiger partial charge on any atom is 0.226 e. The summed E-state index contributed by atoms with van der Waals surface area (Å²) in [7, 11) is 1.98. The molecule has 1 aromatic rings. The number of hydrogen-bond donors (Lipinski definition) is 1. The van der Waals surface area contributed by atoms with Gasteiger partial charge in [-0.05, 0) is 51.5 Å². The van der Waals surface area contributed by atoms with Crippen molar-refractivity contribution >= 4 is 42.1 Å². The topological polar surface area (TPSA) is 59.2 Å². The molecule has 2 aliphatic carbocycles. The van der Waals surface area contributed by atoms with Crippen molar-refractivity contribution < 1.29 is 4.79 Å². The fourth-order valence-electron chi connectivity index (χ4n) is 3.95. The molecule has 7 heteroatoms. The van der Waals surface area contributed by atoms with E-state index in [-0.39, 0.29) is 36.8 Å². The summed E-state index contributed by atoms with van der Waals surface area (Å²) in [5, 5.41) is 1.12. The van der Waals surface area contributed by atoms with Crippen molar-refractivity contribution in [2.75, 3.05) is 13.6 Å². The maximum atomic E-state index is 12.9. The van der Waals surface area contributed by atoms with Gasteiger partial charge in [0, 0.05) is 13.0 Å². The number of amides is 1. The summed E-state index contributed by atoms with van der Waals surface area (Å²) < 4.78 is 0. The van der Waals surface area contributed by atoms with Crippen LogP contribution in [0.15, 0.2) is 0 Å². The van der Waals surface area contributed by atoms with Crippen LogP contribution < -0.4 is 5.73 Å². The molecule has 0 bridgehead atoms. The number of fused-ring (bicyclic) bond motifs is 1. The van der Waals surface area contributed by atoms with Crippen molar-refractivity contribution in [2.45, 2.75) is 51.5 Å². The van der Waals surface area contributed by atoms with Gasteiger partial charge in [0.2, 0.25) is 5.91 Å². The average molecular weight is 380 g/mol. The van der Waals surface area contributed by atoms with E-state index in [9.17, 15) is 4.79 Å². The number of aromatic nitrogens is 1. The van der Waals surface area contributed by atoms with Gasteiger partial charge in [0.15, 0.2) is 0 Å². The first-order valence-electron chi connectivity index (χ1n) is 8.04. The Morgan fingerprint density at radius 1 is 1.30 bits per heavy atom. The first kappa shape index (κ1) is 20.7. The van der Waals surface area contributed by atoms with Crippen molar-refractivity contribution in [3.8, 4) is 0 Å². The number of halogens is 2. The molecule has 2 N–H and O–H groups in total. The number of carbonyl (C=O) groups excluding carboxylic acids is 1. The molecule has 0 saturated heterocycles. The minimum atomic E-state index is 0. The fraction of sp³-hybridized carbons (Fsp3) is 0.750. The molecule has 0 aromatic carbocycles. The number of nitrogens with zero attached hydrogens (tertiary/aromatic N) is 2. The molecule has 23 heavy (non-hydrogen) atoms. The monoisotopic (exact) mass is 379 g/mol. The fourth-order valence-corrected chi connectivity index (χ4v) is 5.10. The van der Waals surface area contributed by atoms with Crippen LogP contribution in [0.25, 0.3) is 0 Å². The minimum Gasteiger partial charge on any atom is -0.338 e. The highest BCUT2D eigenvalue weighted by Crippen LogP contribution is 2.40. The number of hydrogen-bond acceptors (Lipinski definition) is 4. The number of thiazole rings is 1. The molecule has 0 spiro atoms. The normalized spacial score (nSPS) is 26.0. The van der Waals surface area contributed by atoms with Gasteiger partial charge >= 0.3 is 0 Å². The molecule has 1 unspecified atom stereocenters. The van der Waals surface area contributed by atoms with Crippen molar-refractivity contribution in [3.05, 3.63) is 15.6 Å². The lowest BCUT2D eigenvalue weighted by Gasteiger charge is -2.33. The van der Waals surface area contributed by atoms with Gasteiger partial charge in [-0.25, -0.2) is 4.98 Å². The highest BCUT2D eigenvalue weighted by Gasteiger charge is 2.37. The van der Waals surface area contributed by atoms with Crippen LogP contribution in [0.2, 0.25) is 0 Å². The molecule has 1 amide bonds. The van der Waals surface area contributed by atoms with E-state index in [4.69, 9.17) is 5.73 Å². The third-order valence-electron chi connectivity index (χ3n) is 5.12. The summed E-state index contributed by atoms with van der Waals surface area (Å²) in [6, 6.07) is 0.228. The summed E-state index contributed by atoms with van der Waals surface area (Å²) in [6.07, 6.45) is 6.51. The summed E-state index contributed by atoms with van der Waals surface area (Å²) in [4.78, 5) is 20.8. The third kappa shape index (κ3) is 4.01. The standard InChI is InChI=1S/C16H25N3OS.2ClH/c1-10-18-13-7-4-8-14(15(13)21-10)19(2)16(20)12-6-3-5-11(12)9-17;;/h11-12,14H,3-9,17H2,1-2H3;2*1H/t11-,12-,14?;;/m1../s1. The second-order valence-corrected chi connectivity index (χ2v) is 7.67. The van der Waals surface area contributed by atoms with Crippen molar-refractivity contribution in [3.63, 3.8) is 0 Å². The van der Waals surface area contributed by atoms with Crippen LogP contribution in [0.5, 0.6) is 0 Å². The molecular formula is C16H27Cl2N3OS. The molecule has 2 aliphatic rings. The van der Waals surface area contributed by atoms with Crippen LogP contribution >= 0.6 is 36.2 Å². The third-order valence-corrected chi connectivity index (χ3v) is 6.24. The zero-order valence-electron chi connectivity index (χ0n) is 13.8.